The molecule has 6 heteroatoms. The molecule has 0 unspecified atom stereocenters. The first-order chi connectivity index (χ1) is 15.5. The normalized spacial score (nSPS) is 22.1. The van der Waals surface area contributed by atoms with Gasteiger partial charge in [0.1, 0.15) is 11.2 Å². The number of aromatic nitrogens is 2. The lowest BCUT2D eigenvalue weighted by Crippen LogP contribution is -2.65. The number of nitrogens with zero attached hydrogens (tertiary/aromatic N) is 3. The highest BCUT2D eigenvalue weighted by Gasteiger charge is 2.49. The van der Waals surface area contributed by atoms with Crippen molar-refractivity contribution < 1.29 is 9.59 Å². The number of nitrogens with one attached hydrogen (secondary N) is 1. The molecule has 1 atom stereocenters. The number of carbonyl (C=O) groups excluding carboxylic acids is 2. The summed E-state index contributed by atoms with van der Waals surface area (Å²) in [6, 6.07) is 8.14. The predicted molar refractivity (Wildman–Crippen MR) is 132 cm³/mol. The number of benzene rings is 1. The van der Waals surface area contributed by atoms with Crippen molar-refractivity contribution in [3.05, 3.63) is 46.8 Å². The van der Waals surface area contributed by atoms with Crippen molar-refractivity contribution in [2.45, 2.75) is 104 Å². The maximum absolute atomic E-state index is 13.9. The van der Waals surface area contributed by atoms with Gasteiger partial charge in [-0.1, -0.05) is 52.5 Å². The van der Waals surface area contributed by atoms with Crippen LogP contribution in [0.4, 0.5) is 5.69 Å². The Labute approximate surface area is 197 Å². The van der Waals surface area contributed by atoms with E-state index in [-0.39, 0.29) is 23.3 Å². The first-order valence-electron chi connectivity index (χ1n) is 12.3. The van der Waals surface area contributed by atoms with Crippen LogP contribution in [-0.4, -0.2) is 33.2 Å². The molecule has 2 heterocycles. The molecule has 1 aliphatic heterocycles. The van der Waals surface area contributed by atoms with Crippen LogP contribution >= 0.6 is 0 Å². The molecule has 1 aromatic carbocycles. The van der Waals surface area contributed by atoms with Crippen molar-refractivity contribution in [2.24, 2.45) is 0 Å². The first kappa shape index (κ1) is 23.5. The highest BCUT2D eigenvalue weighted by molar-refractivity contribution is 6.12. The monoisotopic (exact) mass is 450 g/mol. The summed E-state index contributed by atoms with van der Waals surface area (Å²) in [7, 11) is 0. The van der Waals surface area contributed by atoms with Crippen LogP contribution in [0.3, 0.4) is 0 Å². The van der Waals surface area contributed by atoms with Gasteiger partial charge in [0.15, 0.2) is 0 Å². The van der Waals surface area contributed by atoms with Gasteiger partial charge in [0.25, 0.3) is 5.91 Å². The third-order valence-corrected chi connectivity index (χ3v) is 7.07. The molecule has 6 nitrogen and oxygen atoms in total. The summed E-state index contributed by atoms with van der Waals surface area (Å²) >= 11 is 0. The number of anilines is 1. The summed E-state index contributed by atoms with van der Waals surface area (Å²) in [6.45, 7) is 12.5. The van der Waals surface area contributed by atoms with Crippen LogP contribution in [0.1, 0.15) is 93.5 Å². The van der Waals surface area contributed by atoms with Gasteiger partial charge in [-0.2, -0.15) is 5.10 Å². The van der Waals surface area contributed by atoms with Crippen LogP contribution in [0.25, 0.3) is 0 Å². The number of amides is 2. The molecule has 33 heavy (non-hydrogen) atoms. The molecule has 1 aromatic heterocycles. The van der Waals surface area contributed by atoms with E-state index in [0.29, 0.717) is 12.2 Å². The van der Waals surface area contributed by atoms with E-state index < -0.39 is 5.54 Å². The maximum atomic E-state index is 13.9. The van der Waals surface area contributed by atoms with Crippen LogP contribution < -0.4 is 10.2 Å². The van der Waals surface area contributed by atoms with E-state index in [1.54, 1.807) is 9.58 Å². The summed E-state index contributed by atoms with van der Waals surface area (Å²) < 4.78 is 1.74. The molecule has 1 saturated carbocycles. The topological polar surface area (TPSA) is 67.2 Å². The lowest BCUT2D eigenvalue weighted by Gasteiger charge is -2.44. The zero-order chi connectivity index (χ0) is 24.0. The van der Waals surface area contributed by atoms with E-state index in [2.05, 4.69) is 32.2 Å². The third kappa shape index (κ3) is 4.57. The van der Waals surface area contributed by atoms with Crippen molar-refractivity contribution >= 4 is 17.5 Å². The summed E-state index contributed by atoms with van der Waals surface area (Å²) in [5.74, 6) is -0.270. The first-order valence-corrected chi connectivity index (χ1v) is 12.3. The van der Waals surface area contributed by atoms with Gasteiger partial charge in [-0.05, 0) is 62.9 Å². The van der Waals surface area contributed by atoms with E-state index in [0.717, 1.165) is 48.2 Å². The lowest BCUT2D eigenvalue weighted by molar-refractivity contribution is -0.127. The molecule has 2 aromatic rings. The third-order valence-electron chi connectivity index (χ3n) is 7.07. The van der Waals surface area contributed by atoms with Gasteiger partial charge in [0.2, 0.25) is 5.91 Å². The van der Waals surface area contributed by atoms with Crippen molar-refractivity contribution in [3.8, 4) is 0 Å². The molecule has 0 saturated heterocycles. The van der Waals surface area contributed by atoms with E-state index in [1.165, 1.54) is 12.8 Å². The van der Waals surface area contributed by atoms with Gasteiger partial charge in [0, 0.05) is 17.1 Å². The van der Waals surface area contributed by atoms with Gasteiger partial charge >= 0.3 is 0 Å². The molecular formula is C27H38N4O2. The molecule has 0 radical (unpaired) electrons. The average Bonchev–Trinajstić information content (AvgIpc) is 2.98. The number of carbonyl (C=O) groups is 2. The van der Waals surface area contributed by atoms with E-state index >= 15 is 0 Å². The Balaban J connectivity index is 1.78. The maximum Gasteiger partial charge on any atom is 0.277 e. The predicted octanol–water partition coefficient (Wildman–Crippen LogP) is 5.06. The molecule has 0 bridgehead atoms. The van der Waals surface area contributed by atoms with E-state index in [4.69, 9.17) is 5.10 Å². The van der Waals surface area contributed by atoms with Crippen LogP contribution in [0.15, 0.2) is 24.3 Å². The average molecular weight is 451 g/mol. The minimum Gasteiger partial charge on any atom is -0.351 e. The molecule has 1 fully saturated rings. The smallest absolute Gasteiger partial charge is 0.277 e. The van der Waals surface area contributed by atoms with E-state index in [9.17, 15) is 9.59 Å². The summed E-state index contributed by atoms with van der Waals surface area (Å²) in [6.07, 6.45) is 6.73. The fourth-order valence-corrected chi connectivity index (χ4v) is 5.20. The van der Waals surface area contributed by atoms with Crippen molar-refractivity contribution in [2.75, 3.05) is 4.90 Å². The largest absolute Gasteiger partial charge is 0.351 e. The number of aryl methyl sites for hydroxylation is 2. The van der Waals surface area contributed by atoms with E-state index in [1.807, 2.05) is 39.0 Å². The van der Waals surface area contributed by atoms with Crippen molar-refractivity contribution in [3.63, 3.8) is 0 Å². The molecule has 1 N–H and O–H groups in total. The summed E-state index contributed by atoms with van der Waals surface area (Å²) in [4.78, 5) is 29.5. The van der Waals surface area contributed by atoms with Crippen LogP contribution in [0, 0.1) is 13.8 Å². The Morgan fingerprint density at radius 2 is 1.64 bits per heavy atom. The van der Waals surface area contributed by atoms with Crippen molar-refractivity contribution in [1.82, 2.24) is 15.1 Å². The van der Waals surface area contributed by atoms with Gasteiger partial charge in [0.05, 0.1) is 12.2 Å². The SMILES string of the molecule is Cc1cc(C)cc(N2C(=O)c3cc(C(C)(C)C)nn3C[C@@]2(C)C(=O)NC2CCCCCC2)c1. The summed E-state index contributed by atoms with van der Waals surface area (Å²) in [5.41, 5.74) is 3.04. The second-order valence-corrected chi connectivity index (χ2v) is 11.2. The Morgan fingerprint density at radius 3 is 2.21 bits per heavy atom. The fraction of sp³-hybridized carbons (Fsp3) is 0.593. The van der Waals surface area contributed by atoms with Crippen molar-refractivity contribution in [1.29, 1.82) is 0 Å². The van der Waals surface area contributed by atoms with Crippen LogP contribution in [0.5, 0.6) is 0 Å². The molecule has 1 aliphatic carbocycles. The minimum atomic E-state index is -1.07. The van der Waals surface area contributed by atoms with Gasteiger partial charge < -0.3 is 5.32 Å². The molecule has 0 spiro atoms. The molecule has 2 aliphatic rings. The number of fused-ring (bicyclic) bond motifs is 1. The quantitative estimate of drug-likeness (QED) is 0.665. The van der Waals surface area contributed by atoms with Gasteiger partial charge in [-0.15, -0.1) is 0 Å². The van der Waals surface area contributed by atoms with Crippen LogP contribution in [0.2, 0.25) is 0 Å². The zero-order valence-electron chi connectivity index (χ0n) is 21.0. The second kappa shape index (κ2) is 8.62. The zero-order valence-corrected chi connectivity index (χ0v) is 21.0. The summed E-state index contributed by atoms with van der Waals surface area (Å²) in [5, 5.41) is 8.08. The van der Waals surface area contributed by atoms with Gasteiger partial charge in [-0.3, -0.25) is 19.2 Å². The Kier molecular flexibility index (Phi) is 6.14. The fourth-order valence-electron chi connectivity index (χ4n) is 5.20. The highest BCUT2D eigenvalue weighted by atomic mass is 16.2. The minimum absolute atomic E-state index is 0.0969. The number of rotatable bonds is 3. The van der Waals surface area contributed by atoms with Crippen LogP contribution in [-0.2, 0) is 16.8 Å². The molecular weight excluding hydrogens is 412 g/mol. The Bertz CT molecular complexity index is 1040. The highest BCUT2D eigenvalue weighted by Crippen LogP contribution is 2.35. The number of hydrogen-bond acceptors (Lipinski definition) is 3. The second-order valence-electron chi connectivity index (χ2n) is 11.2. The molecule has 2 amide bonds. The van der Waals surface area contributed by atoms with Gasteiger partial charge in [-0.25, -0.2) is 0 Å². The number of hydrogen-bond donors (Lipinski definition) is 1. The Morgan fingerprint density at radius 1 is 1.03 bits per heavy atom. The lowest BCUT2D eigenvalue weighted by atomic mass is 9.91. The standard InChI is InChI=1S/C27H38N4O2/c1-18-13-19(2)15-21(14-18)31-24(32)22-16-23(26(3,4)5)29-30(22)17-27(31,6)25(33)28-20-11-9-7-8-10-12-20/h13-16,20H,7-12,17H2,1-6H3,(H,28,33)/t27-/m0/s1. The Hall–Kier alpha value is -2.63. The molecule has 178 valence electrons. The molecule has 4 rings (SSSR count).